The highest BCUT2D eigenvalue weighted by Crippen LogP contribution is 2.25. The molecule has 2 heteroatoms. The van der Waals surface area contributed by atoms with Gasteiger partial charge in [-0.2, -0.15) is 0 Å². The normalized spacial score (nSPS) is 11.9. The van der Waals surface area contributed by atoms with Crippen molar-refractivity contribution in [2.75, 3.05) is 19.7 Å². The SMILES string of the molecule is CC(C)CNCCCCOc1cccc(C(C)(C)C)c1. The molecule has 1 aromatic rings. The van der Waals surface area contributed by atoms with E-state index in [-0.39, 0.29) is 5.41 Å². The highest BCUT2D eigenvalue weighted by atomic mass is 16.5. The van der Waals surface area contributed by atoms with Crippen LogP contribution < -0.4 is 10.1 Å². The van der Waals surface area contributed by atoms with E-state index >= 15 is 0 Å². The van der Waals surface area contributed by atoms with E-state index in [4.69, 9.17) is 4.74 Å². The van der Waals surface area contributed by atoms with Gasteiger partial charge in [-0.15, -0.1) is 0 Å². The van der Waals surface area contributed by atoms with Crippen LogP contribution >= 0.6 is 0 Å². The van der Waals surface area contributed by atoms with Crippen LogP contribution in [0.2, 0.25) is 0 Å². The van der Waals surface area contributed by atoms with E-state index in [0.29, 0.717) is 0 Å². The number of unbranched alkanes of at least 4 members (excludes halogenated alkanes) is 1. The van der Waals surface area contributed by atoms with Crippen molar-refractivity contribution in [1.29, 1.82) is 0 Å². The molecule has 0 spiro atoms. The summed E-state index contributed by atoms with van der Waals surface area (Å²) in [5, 5.41) is 3.46. The zero-order chi connectivity index (χ0) is 15.0. The third kappa shape index (κ3) is 6.95. The van der Waals surface area contributed by atoms with Gasteiger partial charge in [0.25, 0.3) is 0 Å². The maximum absolute atomic E-state index is 5.84. The standard InChI is InChI=1S/C18H31NO/c1-15(2)14-19-11-6-7-12-20-17-10-8-9-16(13-17)18(3,4)5/h8-10,13,15,19H,6-7,11-12,14H2,1-5H3. The summed E-state index contributed by atoms with van der Waals surface area (Å²) in [5.41, 5.74) is 1.51. The van der Waals surface area contributed by atoms with Crippen LogP contribution in [0.3, 0.4) is 0 Å². The highest BCUT2D eigenvalue weighted by molar-refractivity contribution is 5.32. The largest absolute Gasteiger partial charge is 0.494 e. The van der Waals surface area contributed by atoms with E-state index < -0.39 is 0 Å². The summed E-state index contributed by atoms with van der Waals surface area (Å²) in [6.07, 6.45) is 2.27. The second-order valence-electron chi connectivity index (χ2n) is 6.93. The van der Waals surface area contributed by atoms with E-state index in [1.54, 1.807) is 0 Å². The minimum atomic E-state index is 0.181. The molecule has 0 atom stereocenters. The molecule has 0 aliphatic carbocycles. The van der Waals surface area contributed by atoms with Crippen molar-refractivity contribution in [1.82, 2.24) is 5.32 Å². The number of benzene rings is 1. The molecule has 0 bridgehead atoms. The van der Waals surface area contributed by atoms with Gasteiger partial charge in [-0.05, 0) is 55.0 Å². The van der Waals surface area contributed by atoms with E-state index in [1.807, 2.05) is 6.07 Å². The zero-order valence-electron chi connectivity index (χ0n) is 13.8. The van der Waals surface area contributed by atoms with Gasteiger partial charge in [0, 0.05) is 0 Å². The molecule has 0 radical (unpaired) electrons. The van der Waals surface area contributed by atoms with Crippen LogP contribution in [0.1, 0.15) is 53.0 Å². The van der Waals surface area contributed by atoms with Crippen molar-refractivity contribution in [3.05, 3.63) is 29.8 Å². The van der Waals surface area contributed by atoms with Crippen molar-refractivity contribution >= 4 is 0 Å². The molecule has 0 unspecified atom stereocenters. The maximum atomic E-state index is 5.84. The predicted molar refractivity (Wildman–Crippen MR) is 87.6 cm³/mol. The Morgan fingerprint density at radius 3 is 2.55 bits per heavy atom. The molecule has 0 amide bonds. The maximum Gasteiger partial charge on any atom is 0.119 e. The van der Waals surface area contributed by atoms with Crippen LogP contribution in [0.15, 0.2) is 24.3 Å². The average Bonchev–Trinajstić information content (AvgIpc) is 2.36. The highest BCUT2D eigenvalue weighted by Gasteiger charge is 2.13. The second kappa shape index (κ2) is 8.31. The minimum absolute atomic E-state index is 0.181. The molecule has 0 saturated heterocycles. The summed E-state index contributed by atoms with van der Waals surface area (Å²) in [6.45, 7) is 14.1. The summed E-state index contributed by atoms with van der Waals surface area (Å²) in [5.74, 6) is 1.72. The van der Waals surface area contributed by atoms with Gasteiger partial charge in [0.05, 0.1) is 6.61 Å². The third-order valence-electron chi connectivity index (χ3n) is 3.27. The number of rotatable bonds is 8. The number of hydrogen-bond acceptors (Lipinski definition) is 2. The fraction of sp³-hybridized carbons (Fsp3) is 0.667. The molecule has 0 aliphatic heterocycles. The number of ether oxygens (including phenoxy) is 1. The Labute approximate surface area is 124 Å². The fourth-order valence-corrected chi connectivity index (χ4v) is 1.99. The smallest absolute Gasteiger partial charge is 0.119 e. The fourth-order valence-electron chi connectivity index (χ4n) is 1.99. The lowest BCUT2D eigenvalue weighted by Crippen LogP contribution is -2.21. The molecular formula is C18H31NO. The van der Waals surface area contributed by atoms with Gasteiger partial charge in [0.2, 0.25) is 0 Å². The molecule has 20 heavy (non-hydrogen) atoms. The summed E-state index contributed by atoms with van der Waals surface area (Å²) < 4.78 is 5.84. The van der Waals surface area contributed by atoms with Gasteiger partial charge in [0.1, 0.15) is 5.75 Å². The third-order valence-corrected chi connectivity index (χ3v) is 3.27. The Morgan fingerprint density at radius 1 is 1.15 bits per heavy atom. The minimum Gasteiger partial charge on any atom is -0.494 e. The molecule has 0 saturated carbocycles. The van der Waals surface area contributed by atoms with Gasteiger partial charge in [-0.25, -0.2) is 0 Å². The summed E-state index contributed by atoms with van der Waals surface area (Å²) in [4.78, 5) is 0. The van der Waals surface area contributed by atoms with Crippen LogP contribution in [0.4, 0.5) is 0 Å². The molecule has 0 aliphatic rings. The quantitative estimate of drug-likeness (QED) is 0.712. The van der Waals surface area contributed by atoms with E-state index in [0.717, 1.165) is 37.8 Å². The van der Waals surface area contributed by atoms with Crippen LogP contribution in [0.5, 0.6) is 5.75 Å². The Morgan fingerprint density at radius 2 is 1.90 bits per heavy atom. The molecule has 1 rings (SSSR count). The summed E-state index contributed by atoms with van der Waals surface area (Å²) in [7, 11) is 0. The summed E-state index contributed by atoms with van der Waals surface area (Å²) in [6, 6.07) is 8.46. The molecule has 1 aromatic carbocycles. The van der Waals surface area contributed by atoms with Gasteiger partial charge >= 0.3 is 0 Å². The lowest BCUT2D eigenvalue weighted by Gasteiger charge is -2.19. The zero-order valence-corrected chi connectivity index (χ0v) is 13.8. The Bertz CT molecular complexity index is 379. The Kier molecular flexibility index (Phi) is 7.08. The Balaban J connectivity index is 2.22. The lowest BCUT2D eigenvalue weighted by molar-refractivity contribution is 0.304. The molecule has 0 heterocycles. The molecule has 1 N–H and O–H groups in total. The number of nitrogens with one attached hydrogen (secondary N) is 1. The van der Waals surface area contributed by atoms with E-state index in [1.165, 1.54) is 12.0 Å². The Hall–Kier alpha value is -1.02. The molecule has 0 fully saturated rings. The van der Waals surface area contributed by atoms with Crippen molar-refractivity contribution in [2.24, 2.45) is 5.92 Å². The molecule has 2 nitrogen and oxygen atoms in total. The predicted octanol–water partition coefficient (Wildman–Crippen LogP) is 4.39. The van der Waals surface area contributed by atoms with Crippen LogP contribution in [-0.2, 0) is 5.41 Å². The van der Waals surface area contributed by atoms with Crippen LogP contribution in [0, 0.1) is 5.92 Å². The topological polar surface area (TPSA) is 21.3 Å². The van der Waals surface area contributed by atoms with E-state index in [9.17, 15) is 0 Å². The second-order valence-corrected chi connectivity index (χ2v) is 6.93. The monoisotopic (exact) mass is 277 g/mol. The van der Waals surface area contributed by atoms with Gasteiger partial charge < -0.3 is 10.1 Å². The van der Waals surface area contributed by atoms with Gasteiger partial charge in [0.15, 0.2) is 0 Å². The lowest BCUT2D eigenvalue weighted by atomic mass is 9.87. The van der Waals surface area contributed by atoms with Crippen molar-refractivity contribution in [3.63, 3.8) is 0 Å². The van der Waals surface area contributed by atoms with E-state index in [2.05, 4.69) is 58.1 Å². The first-order chi connectivity index (χ1) is 9.39. The first kappa shape index (κ1) is 17.0. The first-order valence-electron chi connectivity index (χ1n) is 7.83. The van der Waals surface area contributed by atoms with Gasteiger partial charge in [-0.1, -0.05) is 46.8 Å². The van der Waals surface area contributed by atoms with Gasteiger partial charge in [-0.3, -0.25) is 0 Å². The van der Waals surface area contributed by atoms with Crippen LogP contribution in [0.25, 0.3) is 0 Å². The van der Waals surface area contributed by atoms with Crippen molar-refractivity contribution in [2.45, 2.75) is 52.9 Å². The first-order valence-corrected chi connectivity index (χ1v) is 7.83. The van der Waals surface area contributed by atoms with Crippen molar-refractivity contribution < 1.29 is 4.74 Å². The average molecular weight is 277 g/mol. The van der Waals surface area contributed by atoms with Crippen molar-refractivity contribution in [3.8, 4) is 5.75 Å². The summed E-state index contributed by atoms with van der Waals surface area (Å²) >= 11 is 0. The number of hydrogen-bond donors (Lipinski definition) is 1. The van der Waals surface area contributed by atoms with Crippen LogP contribution in [-0.4, -0.2) is 19.7 Å². The molecule has 114 valence electrons. The molecule has 0 aromatic heterocycles. The molecular weight excluding hydrogens is 246 g/mol.